The van der Waals surface area contributed by atoms with Crippen molar-refractivity contribution < 1.29 is 14.3 Å². The number of rotatable bonds is 7. The zero-order chi connectivity index (χ0) is 21.8. The van der Waals surface area contributed by atoms with E-state index in [1.807, 2.05) is 42.5 Å². The van der Waals surface area contributed by atoms with E-state index in [1.54, 1.807) is 24.4 Å². The highest BCUT2D eigenvalue weighted by molar-refractivity contribution is 5.95. The van der Waals surface area contributed by atoms with E-state index in [0.717, 1.165) is 11.1 Å². The fraction of sp³-hybridized carbons (Fsp3) is 0.261. The Balaban J connectivity index is 1.83. The highest BCUT2D eigenvalue weighted by atomic mass is 16.5. The summed E-state index contributed by atoms with van der Waals surface area (Å²) < 4.78 is 6.74. The van der Waals surface area contributed by atoms with E-state index in [0.29, 0.717) is 29.2 Å². The minimum absolute atomic E-state index is 0.295. The number of hydrogen-bond acceptors (Lipinski definition) is 5. The standard InChI is InChI=1S/C23H26N4O3/c1-14(24)18-9-7-8-17(12-18)13-19(23(29)30-4)15(2)26-22(28)21-16(3)25-20-10-5-6-11-27(20)21/h5-12,15,19H,1,13,24H2,2-4H3,(H,26,28). The van der Waals surface area contributed by atoms with Crippen molar-refractivity contribution in [2.24, 2.45) is 11.7 Å². The van der Waals surface area contributed by atoms with E-state index in [4.69, 9.17) is 10.5 Å². The normalized spacial score (nSPS) is 12.9. The van der Waals surface area contributed by atoms with Crippen molar-refractivity contribution >= 4 is 23.2 Å². The molecular formula is C23H26N4O3. The quantitative estimate of drug-likeness (QED) is 0.588. The number of imidazole rings is 1. The number of nitrogens with two attached hydrogens (primary N) is 1. The molecule has 2 unspecified atom stereocenters. The van der Waals surface area contributed by atoms with Gasteiger partial charge in [0.15, 0.2) is 0 Å². The summed E-state index contributed by atoms with van der Waals surface area (Å²) in [5.41, 5.74) is 9.70. The van der Waals surface area contributed by atoms with Gasteiger partial charge in [-0.25, -0.2) is 4.98 Å². The summed E-state index contributed by atoms with van der Waals surface area (Å²) >= 11 is 0. The largest absolute Gasteiger partial charge is 0.469 e. The van der Waals surface area contributed by atoms with Crippen LogP contribution in [-0.4, -0.2) is 34.4 Å². The van der Waals surface area contributed by atoms with Crippen LogP contribution < -0.4 is 11.1 Å². The number of aromatic nitrogens is 2. The van der Waals surface area contributed by atoms with Gasteiger partial charge < -0.3 is 15.8 Å². The van der Waals surface area contributed by atoms with E-state index in [-0.39, 0.29) is 5.91 Å². The molecule has 0 aliphatic rings. The molecule has 3 aromatic rings. The molecule has 0 aliphatic heterocycles. The van der Waals surface area contributed by atoms with Crippen molar-refractivity contribution in [3.63, 3.8) is 0 Å². The summed E-state index contributed by atoms with van der Waals surface area (Å²) in [6, 6.07) is 12.6. The molecule has 0 bridgehead atoms. The zero-order valence-electron chi connectivity index (χ0n) is 17.4. The van der Waals surface area contributed by atoms with Crippen molar-refractivity contribution in [2.75, 3.05) is 7.11 Å². The summed E-state index contributed by atoms with van der Waals surface area (Å²) in [5, 5.41) is 2.95. The van der Waals surface area contributed by atoms with Crippen LogP contribution in [0.4, 0.5) is 0 Å². The molecule has 0 radical (unpaired) electrons. The van der Waals surface area contributed by atoms with Gasteiger partial charge in [-0.05, 0) is 49.6 Å². The van der Waals surface area contributed by atoms with Crippen molar-refractivity contribution in [1.82, 2.24) is 14.7 Å². The van der Waals surface area contributed by atoms with Gasteiger partial charge in [-0.1, -0.05) is 30.8 Å². The van der Waals surface area contributed by atoms with Gasteiger partial charge in [0.2, 0.25) is 0 Å². The summed E-state index contributed by atoms with van der Waals surface area (Å²) in [4.78, 5) is 29.9. The molecule has 2 heterocycles. The smallest absolute Gasteiger partial charge is 0.311 e. The first-order valence-corrected chi connectivity index (χ1v) is 9.68. The number of methoxy groups -OCH3 is 1. The molecule has 0 fully saturated rings. The van der Waals surface area contributed by atoms with Gasteiger partial charge >= 0.3 is 5.97 Å². The van der Waals surface area contributed by atoms with Crippen LogP contribution in [0.1, 0.15) is 34.2 Å². The molecule has 0 saturated heterocycles. The lowest BCUT2D eigenvalue weighted by molar-refractivity contribution is -0.146. The Morgan fingerprint density at radius 2 is 2.03 bits per heavy atom. The Hall–Kier alpha value is -3.61. The maximum absolute atomic E-state index is 13.0. The number of benzene rings is 1. The number of pyridine rings is 1. The zero-order valence-corrected chi connectivity index (χ0v) is 17.4. The predicted molar refractivity (Wildman–Crippen MR) is 116 cm³/mol. The Bertz CT molecular complexity index is 1100. The summed E-state index contributed by atoms with van der Waals surface area (Å²) in [6.07, 6.45) is 2.18. The third-order valence-corrected chi connectivity index (χ3v) is 5.14. The lowest BCUT2D eigenvalue weighted by Crippen LogP contribution is -2.43. The van der Waals surface area contributed by atoms with Crippen LogP contribution in [0.25, 0.3) is 11.3 Å². The number of esters is 1. The first kappa shape index (κ1) is 21.1. The van der Waals surface area contributed by atoms with Crippen LogP contribution in [-0.2, 0) is 16.0 Å². The number of fused-ring (bicyclic) bond motifs is 1. The number of carbonyl (C=O) groups is 2. The highest BCUT2D eigenvalue weighted by Gasteiger charge is 2.29. The first-order valence-electron chi connectivity index (χ1n) is 9.68. The Kier molecular flexibility index (Phi) is 6.20. The molecule has 0 saturated carbocycles. The van der Waals surface area contributed by atoms with Crippen LogP contribution in [0.2, 0.25) is 0 Å². The maximum Gasteiger partial charge on any atom is 0.311 e. The van der Waals surface area contributed by atoms with Crippen LogP contribution in [0.15, 0.2) is 55.2 Å². The van der Waals surface area contributed by atoms with Gasteiger partial charge in [0.1, 0.15) is 11.3 Å². The summed E-state index contributed by atoms with van der Waals surface area (Å²) in [5.74, 6) is -1.26. The van der Waals surface area contributed by atoms with E-state index in [1.165, 1.54) is 7.11 Å². The first-order chi connectivity index (χ1) is 14.3. The van der Waals surface area contributed by atoms with Gasteiger partial charge in [-0.2, -0.15) is 0 Å². The maximum atomic E-state index is 13.0. The number of hydrogen-bond donors (Lipinski definition) is 2. The van der Waals surface area contributed by atoms with Gasteiger partial charge in [0.25, 0.3) is 5.91 Å². The molecule has 0 spiro atoms. The number of carbonyl (C=O) groups excluding carboxylic acids is 2. The average molecular weight is 406 g/mol. The van der Waals surface area contributed by atoms with Gasteiger partial charge in [-0.15, -0.1) is 0 Å². The second kappa shape index (κ2) is 8.82. The molecule has 7 nitrogen and oxygen atoms in total. The molecule has 156 valence electrons. The van der Waals surface area contributed by atoms with Crippen molar-refractivity contribution in [3.05, 3.63) is 77.8 Å². The number of aryl methyl sites for hydroxylation is 1. The second-order valence-corrected chi connectivity index (χ2v) is 7.30. The molecule has 3 N–H and O–H groups in total. The molecule has 1 amide bonds. The van der Waals surface area contributed by atoms with Crippen LogP contribution >= 0.6 is 0 Å². The van der Waals surface area contributed by atoms with Crippen LogP contribution in [0.3, 0.4) is 0 Å². The van der Waals surface area contributed by atoms with Crippen molar-refractivity contribution in [2.45, 2.75) is 26.3 Å². The van der Waals surface area contributed by atoms with Gasteiger partial charge in [0, 0.05) is 17.9 Å². The SMILES string of the molecule is C=C(N)c1cccc(CC(C(=O)OC)C(C)NC(=O)c2c(C)nc3ccccn23)c1. The fourth-order valence-corrected chi connectivity index (χ4v) is 3.53. The Labute approximate surface area is 175 Å². The monoisotopic (exact) mass is 406 g/mol. The van der Waals surface area contributed by atoms with Gasteiger partial charge in [-0.3, -0.25) is 14.0 Å². The number of ether oxygens (including phenoxy) is 1. The molecule has 30 heavy (non-hydrogen) atoms. The predicted octanol–water partition coefficient (Wildman–Crippen LogP) is 2.72. The lowest BCUT2D eigenvalue weighted by atomic mass is 9.92. The topological polar surface area (TPSA) is 98.7 Å². The second-order valence-electron chi connectivity index (χ2n) is 7.30. The molecule has 7 heteroatoms. The van der Waals surface area contributed by atoms with Crippen LogP contribution in [0, 0.1) is 12.8 Å². The molecule has 3 rings (SSSR count). The lowest BCUT2D eigenvalue weighted by Gasteiger charge is -2.23. The van der Waals surface area contributed by atoms with Crippen LogP contribution in [0.5, 0.6) is 0 Å². The van der Waals surface area contributed by atoms with Crippen molar-refractivity contribution in [1.29, 1.82) is 0 Å². The molecule has 1 aromatic carbocycles. The van der Waals surface area contributed by atoms with E-state index >= 15 is 0 Å². The van der Waals surface area contributed by atoms with E-state index in [2.05, 4.69) is 16.9 Å². The average Bonchev–Trinajstić information content (AvgIpc) is 3.07. The molecule has 2 aromatic heterocycles. The highest BCUT2D eigenvalue weighted by Crippen LogP contribution is 2.19. The van der Waals surface area contributed by atoms with Gasteiger partial charge in [0.05, 0.1) is 18.7 Å². The minimum Gasteiger partial charge on any atom is -0.469 e. The van der Waals surface area contributed by atoms with Crippen molar-refractivity contribution in [3.8, 4) is 0 Å². The molecule has 2 atom stereocenters. The minimum atomic E-state index is -0.570. The Morgan fingerprint density at radius 3 is 2.73 bits per heavy atom. The number of nitrogens with one attached hydrogen (secondary N) is 1. The molecular weight excluding hydrogens is 380 g/mol. The number of amides is 1. The Morgan fingerprint density at radius 1 is 1.27 bits per heavy atom. The van der Waals surface area contributed by atoms with E-state index in [9.17, 15) is 9.59 Å². The summed E-state index contributed by atoms with van der Waals surface area (Å²) in [7, 11) is 1.34. The third-order valence-electron chi connectivity index (χ3n) is 5.14. The number of nitrogens with zero attached hydrogens (tertiary/aromatic N) is 2. The molecule has 0 aliphatic carbocycles. The third kappa shape index (κ3) is 4.35. The summed E-state index contributed by atoms with van der Waals surface area (Å²) in [6.45, 7) is 7.34. The fourth-order valence-electron chi connectivity index (χ4n) is 3.53. The van der Waals surface area contributed by atoms with E-state index < -0.39 is 17.9 Å².